The number of carbonyl (C=O) groups is 2. The number of ether oxygens (including phenoxy) is 2. The van der Waals surface area contributed by atoms with Crippen LogP contribution in [0.15, 0.2) is 23.4 Å². The van der Waals surface area contributed by atoms with Gasteiger partial charge >= 0.3 is 5.97 Å². The first kappa shape index (κ1) is 25.8. The smallest absolute Gasteiger partial charge is 0.341 e. The van der Waals surface area contributed by atoms with Crippen molar-refractivity contribution in [3.8, 4) is 5.75 Å². The van der Waals surface area contributed by atoms with Crippen LogP contribution in [0, 0.1) is 20.8 Å². The van der Waals surface area contributed by atoms with Crippen LogP contribution in [-0.2, 0) is 23.0 Å². The van der Waals surface area contributed by atoms with E-state index in [9.17, 15) is 9.59 Å². The van der Waals surface area contributed by atoms with Crippen LogP contribution >= 0.6 is 23.1 Å². The molecule has 0 saturated carbocycles. The number of rotatable bonds is 9. The Labute approximate surface area is 208 Å². The third-order valence-corrected chi connectivity index (χ3v) is 7.71. The largest absolute Gasteiger partial charge is 0.482 e. The first-order chi connectivity index (χ1) is 16.2. The van der Waals surface area contributed by atoms with Crippen molar-refractivity contribution < 1.29 is 19.1 Å². The topological polar surface area (TPSA) is 95.3 Å². The van der Waals surface area contributed by atoms with Crippen LogP contribution in [0.5, 0.6) is 5.75 Å². The number of benzene rings is 1. The van der Waals surface area contributed by atoms with Crippen molar-refractivity contribution in [2.75, 3.05) is 18.2 Å². The second kappa shape index (κ2) is 11.1. The van der Waals surface area contributed by atoms with Crippen LogP contribution in [0.2, 0.25) is 0 Å². The standard InChI is InChI=1S/C24H30N4O4S2/c1-8-17-16(5)34-22(20(17)23(30)31-7)25-19(29)12-33-24-27-26-21(28(24)6)15(4)32-18-11-9-10-13(2)14(18)3/h9-11,15H,8,12H2,1-7H3,(H,25,29). The number of anilines is 1. The lowest BCUT2D eigenvalue weighted by molar-refractivity contribution is -0.113. The molecule has 8 nitrogen and oxygen atoms in total. The number of thiophene rings is 1. The summed E-state index contributed by atoms with van der Waals surface area (Å²) in [7, 11) is 3.19. The van der Waals surface area contributed by atoms with Crippen molar-refractivity contribution in [2.45, 2.75) is 52.3 Å². The molecule has 0 radical (unpaired) electrons. The normalized spacial score (nSPS) is 11.9. The first-order valence-electron chi connectivity index (χ1n) is 10.9. The minimum atomic E-state index is -0.445. The summed E-state index contributed by atoms with van der Waals surface area (Å²) in [5.41, 5.74) is 3.58. The predicted molar refractivity (Wildman–Crippen MR) is 135 cm³/mol. The predicted octanol–water partition coefficient (Wildman–Crippen LogP) is 5.02. The highest BCUT2D eigenvalue weighted by Crippen LogP contribution is 2.34. The Hall–Kier alpha value is -2.85. The van der Waals surface area contributed by atoms with Crippen LogP contribution < -0.4 is 10.1 Å². The molecule has 2 heterocycles. The van der Waals surface area contributed by atoms with Crippen molar-refractivity contribution in [1.29, 1.82) is 0 Å². The second-order valence-electron chi connectivity index (χ2n) is 7.88. The van der Waals surface area contributed by atoms with E-state index >= 15 is 0 Å². The Morgan fingerprint density at radius 1 is 1.24 bits per heavy atom. The van der Waals surface area contributed by atoms with E-state index in [1.807, 2.05) is 64.4 Å². The minimum absolute atomic E-state index is 0.122. The molecule has 0 bridgehead atoms. The average molecular weight is 503 g/mol. The van der Waals surface area contributed by atoms with E-state index in [1.54, 1.807) is 0 Å². The Morgan fingerprint density at radius 3 is 2.65 bits per heavy atom. The van der Waals surface area contributed by atoms with E-state index in [1.165, 1.54) is 30.2 Å². The minimum Gasteiger partial charge on any atom is -0.482 e. The van der Waals surface area contributed by atoms with E-state index in [0.29, 0.717) is 28.0 Å². The van der Waals surface area contributed by atoms with E-state index in [2.05, 4.69) is 15.5 Å². The van der Waals surface area contributed by atoms with Crippen molar-refractivity contribution in [3.05, 3.63) is 51.2 Å². The number of nitrogens with one attached hydrogen (secondary N) is 1. The molecule has 0 aliphatic carbocycles. The first-order valence-corrected chi connectivity index (χ1v) is 12.7. The lowest BCUT2D eigenvalue weighted by Crippen LogP contribution is -2.16. The fraction of sp³-hybridized carbons (Fsp3) is 0.417. The molecule has 1 unspecified atom stereocenters. The molecule has 3 aromatic rings. The third kappa shape index (κ3) is 5.44. The molecule has 3 rings (SSSR count). The zero-order chi connectivity index (χ0) is 25.0. The third-order valence-electron chi connectivity index (χ3n) is 5.63. The summed E-state index contributed by atoms with van der Waals surface area (Å²) in [6, 6.07) is 5.95. The number of esters is 1. The van der Waals surface area contributed by atoms with Gasteiger partial charge in [-0.2, -0.15) is 0 Å². The van der Waals surface area contributed by atoms with E-state index < -0.39 is 5.97 Å². The number of aromatic nitrogens is 3. The van der Waals surface area contributed by atoms with Gasteiger partial charge in [0.1, 0.15) is 10.8 Å². The number of hydrogen-bond acceptors (Lipinski definition) is 8. The molecule has 1 atom stereocenters. The maximum atomic E-state index is 12.7. The summed E-state index contributed by atoms with van der Waals surface area (Å²) >= 11 is 2.65. The molecular weight excluding hydrogens is 472 g/mol. The number of amides is 1. The van der Waals surface area contributed by atoms with Gasteiger partial charge in [-0.1, -0.05) is 30.8 Å². The average Bonchev–Trinajstić information content (AvgIpc) is 3.33. The van der Waals surface area contributed by atoms with Crippen molar-refractivity contribution in [3.63, 3.8) is 0 Å². The molecule has 1 aromatic carbocycles. The summed E-state index contributed by atoms with van der Waals surface area (Å²) in [6.07, 6.45) is 0.367. The summed E-state index contributed by atoms with van der Waals surface area (Å²) < 4.78 is 12.9. The lowest BCUT2D eigenvalue weighted by atomic mass is 10.1. The quantitative estimate of drug-likeness (QED) is 0.324. The van der Waals surface area contributed by atoms with E-state index in [-0.39, 0.29) is 17.8 Å². The van der Waals surface area contributed by atoms with Gasteiger partial charge in [0.15, 0.2) is 17.1 Å². The number of carbonyl (C=O) groups excluding carboxylic acids is 2. The lowest BCUT2D eigenvalue weighted by Gasteiger charge is -2.16. The van der Waals surface area contributed by atoms with Crippen LogP contribution in [-0.4, -0.2) is 39.5 Å². The fourth-order valence-corrected chi connectivity index (χ4v) is 5.47. The van der Waals surface area contributed by atoms with Gasteiger partial charge in [-0.25, -0.2) is 4.79 Å². The summed E-state index contributed by atoms with van der Waals surface area (Å²) in [4.78, 5) is 25.9. The molecule has 2 aromatic heterocycles. The maximum absolute atomic E-state index is 12.7. The highest BCUT2D eigenvalue weighted by atomic mass is 32.2. The van der Waals surface area contributed by atoms with Gasteiger partial charge in [-0.05, 0) is 56.9 Å². The molecule has 182 valence electrons. The van der Waals surface area contributed by atoms with Gasteiger partial charge < -0.3 is 19.4 Å². The maximum Gasteiger partial charge on any atom is 0.341 e. The number of thioether (sulfide) groups is 1. The zero-order valence-electron chi connectivity index (χ0n) is 20.5. The van der Waals surface area contributed by atoms with Gasteiger partial charge in [0.05, 0.1) is 18.4 Å². The summed E-state index contributed by atoms with van der Waals surface area (Å²) in [5, 5.41) is 12.5. The van der Waals surface area contributed by atoms with E-state index in [0.717, 1.165) is 27.3 Å². The molecule has 0 saturated heterocycles. The molecule has 34 heavy (non-hydrogen) atoms. The monoisotopic (exact) mass is 502 g/mol. The SMILES string of the molecule is CCc1c(C)sc(NC(=O)CSc2nnc(C(C)Oc3cccc(C)c3C)n2C)c1C(=O)OC. The summed E-state index contributed by atoms with van der Waals surface area (Å²) in [5.74, 6) is 0.918. The Bertz CT molecular complexity index is 1200. The van der Waals surface area contributed by atoms with Crippen LogP contribution in [0.25, 0.3) is 0 Å². The number of aryl methyl sites for hydroxylation is 2. The second-order valence-corrected chi connectivity index (χ2v) is 10.0. The summed E-state index contributed by atoms with van der Waals surface area (Å²) in [6.45, 7) is 9.90. The van der Waals surface area contributed by atoms with Crippen molar-refractivity contribution in [1.82, 2.24) is 14.8 Å². The van der Waals surface area contributed by atoms with Gasteiger partial charge in [-0.15, -0.1) is 21.5 Å². The van der Waals surface area contributed by atoms with Gasteiger partial charge in [0, 0.05) is 11.9 Å². The van der Waals surface area contributed by atoms with E-state index in [4.69, 9.17) is 9.47 Å². The Kier molecular flexibility index (Phi) is 8.37. The molecule has 0 fully saturated rings. The number of hydrogen-bond donors (Lipinski definition) is 1. The zero-order valence-corrected chi connectivity index (χ0v) is 22.1. The molecule has 1 amide bonds. The number of nitrogens with zero attached hydrogens (tertiary/aromatic N) is 3. The molecule has 0 aliphatic heterocycles. The van der Waals surface area contributed by atoms with Crippen LogP contribution in [0.3, 0.4) is 0 Å². The van der Waals surface area contributed by atoms with Crippen molar-refractivity contribution >= 4 is 40.0 Å². The molecule has 0 aliphatic rings. The van der Waals surface area contributed by atoms with Gasteiger partial charge in [0.2, 0.25) is 5.91 Å². The fourth-order valence-electron chi connectivity index (χ4n) is 3.60. The molecule has 1 N–H and O–H groups in total. The highest BCUT2D eigenvalue weighted by molar-refractivity contribution is 7.99. The molecular formula is C24H30N4O4S2. The molecule has 0 spiro atoms. The Morgan fingerprint density at radius 2 is 1.97 bits per heavy atom. The molecule has 10 heteroatoms. The van der Waals surface area contributed by atoms with Gasteiger partial charge in [0.25, 0.3) is 0 Å². The highest BCUT2D eigenvalue weighted by Gasteiger charge is 2.24. The van der Waals surface area contributed by atoms with Crippen molar-refractivity contribution in [2.24, 2.45) is 7.05 Å². The number of methoxy groups -OCH3 is 1. The Balaban J connectivity index is 1.66. The van der Waals surface area contributed by atoms with Gasteiger partial charge in [-0.3, -0.25) is 4.79 Å². The van der Waals surface area contributed by atoms with Crippen LogP contribution in [0.1, 0.15) is 57.7 Å². The van der Waals surface area contributed by atoms with Crippen LogP contribution in [0.4, 0.5) is 5.00 Å².